The molecular formula is C30H31N3O2. The van der Waals surface area contributed by atoms with Gasteiger partial charge in [0.25, 0.3) is 5.91 Å². The third-order valence-corrected chi connectivity index (χ3v) is 6.83. The van der Waals surface area contributed by atoms with Gasteiger partial charge in [0.15, 0.2) is 0 Å². The summed E-state index contributed by atoms with van der Waals surface area (Å²) in [4.78, 5) is 30.1. The minimum absolute atomic E-state index is 0.0355. The van der Waals surface area contributed by atoms with Gasteiger partial charge < -0.3 is 14.4 Å². The highest BCUT2D eigenvalue weighted by Gasteiger charge is 2.27. The first-order valence-corrected chi connectivity index (χ1v) is 12.4. The minimum Gasteiger partial charge on any atom is -0.339 e. The normalized spacial score (nSPS) is 13.8. The van der Waals surface area contributed by atoms with Crippen LogP contribution in [0.25, 0.3) is 10.9 Å². The van der Waals surface area contributed by atoms with Crippen LogP contribution in [0.2, 0.25) is 0 Å². The van der Waals surface area contributed by atoms with Gasteiger partial charge in [0, 0.05) is 50.0 Å². The lowest BCUT2D eigenvalue weighted by Gasteiger charge is -2.35. The molecule has 0 bridgehead atoms. The average molecular weight is 466 g/mol. The van der Waals surface area contributed by atoms with Crippen molar-refractivity contribution >= 4 is 22.7 Å². The van der Waals surface area contributed by atoms with Gasteiger partial charge in [0.1, 0.15) is 5.69 Å². The van der Waals surface area contributed by atoms with Crippen LogP contribution in [0.3, 0.4) is 0 Å². The summed E-state index contributed by atoms with van der Waals surface area (Å²) in [5.41, 5.74) is 4.19. The van der Waals surface area contributed by atoms with Gasteiger partial charge in [-0.3, -0.25) is 9.59 Å². The lowest BCUT2D eigenvalue weighted by Crippen LogP contribution is -2.50. The van der Waals surface area contributed by atoms with E-state index in [2.05, 4.69) is 41.0 Å². The Bertz CT molecular complexity index is 1290. The number of carbonyl (C=O) groups excluding carboxylic acids is 2. The number of para-hydroxylation sites is 1. The summed E-state index contributed by atoms with van der Waals surface area (Å²) in [7, 11) is 0. The predicted octanol–water partition coefficient (Wildman–Crippen LogP) is 5.00. The van der Waals surface area contributed by atoms with Gasteiger partial charge in [0.05, 0.1) is 0 Å². The van der Waals surface area contributed by atoms with Gasteiger partial charge in [0.2, 0.25) is 5.91 Å². The zero-order chi connectivity index (χ0) is 24.0. The van der Waals surface area contributed by atoms with E-state index < -0.39 is 0 Å². The largest absolute Gasteiger partial charge is 0.339 e. The lowest BCUT2D eigenvalue weighted by atomic mass is 10.1. The molecule has 1 saturated heterocycles. The van der Waals surface area contributed by atoms with Crippen LogP contribution < -0.4 is 0 Å². The van der Waals surface area contributed by atoms with Gasteiger partial charge in [-0.05, 0) is 36.1 Å². The fourth-order valence-corrected chi connectivity index (χ4v) is 4.89. The Morgan fingerprint density at radius 3 is 2.00 bits per heavy atom. The van der Waals surface area contributed by atoms with Crippen LogP contribution in [0.4, 0.5) is 0 Å². The second-order valence-electron chi connectivity index (χ2n) is 9.17. The van der Waals surface area contributed by atoms with Crippen molar-refractivity contribution in [3.05, 3.63) is 108 Å². The number of hydrogen-bond acceptors (Lipinski definition) is 2. The summed E-state index contributed by atoms with van der Waals surface area (Å²) >= 11 is 0. The van der Waals surface area contributed by atoms with Crippen molar-refractivity contribution in [2.45, 2.75) is 25.8 Å². The molecule has 1 fully saturated rings. The fourth-order valence-electron chi connectivity index (χ4n) is 4.89. The maximum atomic E-state index is 13.6. The molecule has 35 heavy (non-hydrogen) atoms. The zero-order valence-electron chi connectivity index (χ0n) is 20.0. The lowest BCUT2D eigenvalue weighted by molar-refractivity contribution is -0.132. The fraction of sp³-hybridized carbons (Fsp3) is 0.267. The van der Waals surface area contributed by atoms with E-state index in [0.717, 1.165) is 29.3 Å². The molecule has 5 nitrogen and oxygen atoms in total. The number of benzene rings is 3. The van der Waals surface area contributed by atoms with Crippen molar-refractivity contribution < 1.29 is 9.59 Å². The number of piperazine rings is 1. The van der Waals surface area contributed by atoms with E-state index in [4.69, 9.17) is 0 Å². The van der Waals surface area contributed by atoms with Crippen LogP contribution in [0, 0.1) is 0 Å². The molecule has 0 N–H and O–H groups in total. The van der Waals surface area contributed by atoms with Crippen molar-refractivity contribution in [3.8, 4) is 0 Å². The van der Waals surface area contributed by atoms with Gasteiger partial charge in [-0.25, -0.2) is 0 Å². The molecule has 1 aromatic heterocycles. The Balaban J connectivity index is 1.22. The number of amides is 2. The van der Waals surface area contributed by atoms with E-state index in [1.54, 1.807) is 0 Å². The van der Waals surface area contributed by atoms with E-state index >= 15 is 0 Å². The van der Waals surface area contributed by atoms with E-state index in [1.165, 1.54) is 5.56 Å². The van der Waals surface area contributed by atoms with Gasteiger partial charge >= 0.3 is 0 Å². The molecule has 5 rings (SSSR count). The Morgan fingerprint density at radius 1 is 0.686 bits per heavy atom. The van der Waals surface area contributed by atoms with Gasteiger partial charge in [-0.15, -0.1) is 0 Å². The van der Waals surface area contributed by atoms with E-state index in [-0.39, 0.29) is 11.8 Å². The molecule has 0 radical (unpaired) electrons. The number of carbonyl (C=O) groups is 2. The zero-order valence-corrected chi connectivity index (χ0v) is 20.0. The minimum atomic E-state index is 0.0355. The van der Waals surface area contributed by atoms with Crippen molar-refractivity contribution in [1.29, 1.82) is 0 Å². The highest BCUT2D eigenvalue weighted by molar-refractivity contribution is 5.99. The third kappa shape index (κ3) is 5.29. The summed E-state index contributed by atoms with van der Waals surface area (Å²) < 4.78 is 2.12. The second kappa shape index (κ2) is 10.6. The smallest absolute Gasteiger partial charge is 0.270 e. The Labute approximate surface area is 206 Å². The number of nitrogens with zero attached hydrogens (tertiary/aromatic N) is 3. The summed E-state index contributed by atoms with van der Waals surface area (Å²) in [6.45, 7) is 2.96. The van der Waals surface area contributed by atoms with Crippen molar-refractivity contribution in [3.63, 3.8) is 0 Å². The quantitative estimate of drug-likeness (QED) is 0.386. The summed E-state index contributed by atoms with van der Waals surface area (Å²) in [5, 5.41) is 1.07. The van der Waals surface area contributed by atoms with Crippen LogP contribution in [-0.4, -0.2) is 52.4 Å². The highest BCUT2D eigenvalue weighted by Crippen LogP contribution is 2.23. The number of aryl methyl sites for hydroxylation is 1. The molecule has 1 aliphatic rings. The number of aromatic nitrogens is 1. The Kier molecular flexibility index (Phi) is 6.94. The molecule has 1 aliphatic heterocycles. The molecule has 0 unspecified atom stereocenters. The molecule has 0 spiro atoms. The Hall–Kier alpha value is -3.86. The summed E-state index contributed by atoms with van der Waals surface area (Å²) in [6.07, 6.45) is 2.31. The number of hydrogen-bond donors (Lipinski definition) is 0. The van der Waals surface area contributed by atoms with Crippen LogP contribution in [-0.2, 0) is 17.8 Å². The molecule has 5 heteroatoms. The average Bonchev–Trinajstić information content (AvgIpc) is 3.28. The van der Waals surface area contributed by atoms with Crippen LogP contribution in [0.1, 0.15) is 34.5 Å². The van der Waals surface area contributed by atoms with Gasteiger partial charge in [-0.2, -0.15) is 0 Å². The molecule has 0 aliphatic carbocycles. The van der Waals surface area contributed by atoms with E-state index in [9.17, 15) is 9.59 Å². The maximum Gasteiger partial charge on any atom is 0.270 e. The SMILES string of the molecule is O=C(CCCc1ccccc1)N1CCN(C(=O)c2cc3ccccc3n2Cc2ccccc2)CC1. The topological polar surface area (TPSA) is 45.6 Å². The second-order valence-corrected chi connectivity index (χ2v) is 9.17. The third-order valence-electron chi connectivity index (χ3n) is 6.83. The van der Waals surface area contributed by atoms with Gasteiger partial charge in [-0.1, -0.05) is 78.9 Å². The molecule has 2 amide bonds. The van der Waals surface area contributed by atoms with E-state index in [1.807, 2.05) is 64.4 Å². The molecular weight excluding hydrogens is 434 g/mol. The first kappa shape index (κ1) is 22.9. The maximum absolute atomic E-state index is 13.6. The first-order chi connectivity index (χ1) is 17.2. The summed E-state index contributed by atoms with van der Waals surface area (Å²) in [6, 6.07) is 30.7. The predicted molar refractivity (Wildman–Crippen MR) is 139 cm³/mol. The Morgan fingerprint density at radius 2 is 1.29 bits per heavy atom. The van der Waals surface area contributed by atoms with E-state index in [0.29, 0.717) is 44.8 Å². The first-order valence-electron chi connectivity index (χ1n) is 12.4. The van der Waals surface area contributed by atoms with Crippen LogP contribution in [0.15, 0.2) is 91.0 Å². The molecule has 0 atom stereocenters. The molecule has 2 heterocycles. The van der Waals surface area contributed by atoms with Crippen LogP contribution in [0.5, 0.6) is 0 Å². The molecule has 0 saturated carbocycles. The summed E-state index contributed by atoms with van der Waals surface area (Å²) in [5.74, 6) is 0.222. The molecule has 3 aromatic carbocycles. The van der Waals surface area contributed by atoms with Crippen molar-refractivity contribution in [2.75, 3.05) is 26.2 Å². The van der Waals surface area contributed by atoms with Crippen LogP contribution >= 0.6 is 0 Å². The standard InChI is InChI=1S/C30H31N3O2/c34-29(17-9-14-24-10-3-1-4-11-24)31-18-20-32(21-19-31)30(35)28-22-26-15-7-8-16-27(26)33(28)23-25-12-5-2-6-13-25/h1-8,10-13,15-16,22H,9,14,17-21,23H2. The molecule has 178 valence electrons. The monoisotopic (exact) mass is 465 g/mol. The number of fused-ring (bicyclic) bond motifs is 1. The number of rotatable bonds is 7. The van der Waals surface area contributed by atoms with Crippen molar-refractivity contribution in [1.82, 2.24) is 14.4 Å². The molecule has 4 aromatic rings. The van der Waals surface area contributed by atoms with Crippen molar-refractivity contribution in [2.24, 2.45) is 0 Å². The highest BCUT2D eigenvalue weighted by atomic mass is 16.2.